The first-order chi connectivity index (χ1) is 14.7. The Balaban J connectivity index is 1.42. The van der Waals surface area contributed by atoms with E-state index < -0.39 is 0 Å². The second kappa shape index (κ2) is 10.2. The normalized spacial score (nSPS) is 15.6. The van der Waals surface area contributed by atoms with E-state index in [0.29, 0.717) is 12.1 Å². The molecule has 7 heteroatoms. The first kappa shape index (κ1) is 21.1. The quantitative estimate of drug-likeness (QED) is 0.545. The molecule has 1 atom stereocenters. The summed E-state index contributed by atoms with van der Waals surface area (Å²) >= 11 is 3.34. The first-order valence-electron chi connectivity index (χ1n) is 10.0. The molecule has 0 radical (unpaired) electrons. The van der Waals surface area contributed by atoms with Gasteiger partial charge < -0.3 is 9.64 Å². The molecule has 1 unspecified atom stereocenters. The van der Waals surface area contributed by atoms with Gasteiger partial charge in [0.15, 0.2) is 0 Å². The Kier molecular flexibility index (Phi) is 7.17. The van der Waals surface area contributed by atoms with Crippen LogP contribution in [0.5, 0.6) is 0 Å². The summed E-state index contributed by atoms with van der Waals surface area (Å²) in [6.07, 6.45) is 1.79. The zero-order valence-electron chi connectivity index (χ0n) is 16.9. The van der Waals surface area contributed by atoms with Crippen molar-refractivity contribution in [2.24, 2.45) is 0 Å². The third kappa shape index (κ3) is 5.29. The van der Waals surface area contributed by atoms with Crippen molar-refractivity contribution >= 4 is 29.0 Å². The number of pyridine rings is 1. The summed E-state index contributed by atoms with van der Waals surface area (Å²) in [6.45, 7) is 3.93. The molecule has 3 heterocycles. The molecule has 0 saturated carbocycles. The lowest BCUT2D eigenvalue weighted by atomic mass is 10.1. The number of carbonyl (C=O) groups is 1. The van der Waals surface area contributed by atoms with E-state index in [1.165, 1.54) is 4.88 Å². The topological polar surface area (TPSA) is 45.7 Å². The van der Waals surface area contributed by atoms with Gasteiger partial charge in [0.05, 0.1) is 19.3 Å². The number of aromatic nitrogens is 1. The van der Waals surface area contributed by atoms with Gasteiger partial charge in [-0.2, -0.15) is 0 Å². The van der Waals surface area contributed by atoms with E-state index in [0.717, 1.165) is 36.2 Å². The number of hydrogen-bond donors (Lipinski definition) is 0. The Bertz CT molecular complexity index is 927. The molecule has 1 aromatic carbocycles. The van der Waals surface area contributed by atoms with Gasteiger partial charge in [0.2, 0.25) is 0 Å². The van der Waals surface area contributed by atoms with E-state index in [-0.39, 0.29) is 11.9 Å². The van der Waals surface area contributed by atoms with E-state index in [2.05, 4.69) is 27.4 Å². The lowest BCUT2D eigenvalue weighted by Crippen LogP contribution is -2.44. The number of rotatable bonds is 7. The highest BCUT2D eigenvalue weighted by Gasteiger charge is 2.26. The second-order valence-electron chi connectivity index (χ2n) is 7.16. The zero-order valence-corrected chi connectivity index (χ0v) is 18.6. The highest BCUT2D eigenvalue weighted by Crippen LogP contribution is 2.28. The van der Waals surface area contributed by atoms with Crippen molar-refractivity contribution in [2.75, 3.05) is 39.9 Å². The van der Waals surface area contributed by atoms with Gasteiger partial charge in [0, 0.05) is 48.2 Å². The van der Waals surface area contributed by atoms with Gasteiger partial charge in [-0.25, -0.2) is 4.98 Å². The highest BCUT2D eigenvalue weighted by molar-refractivity contribution is 7.99. The average Bonchev–Trinajstić information content (AvgIpc) is 3.33. The maximum atomic E-state index is 13.1. The van der Waals surface area contributed by atoms with Crippen molar-refractivity contribution in [1.82, 2.24) is 14.8 Å². The minimum atomic E-state index is 0.0409. The average molecular weight is 440 g/mol. The number of ether oxygens (including phenoxy) is 1. The fourth-order valence-electron chi connectivity index (χ4n) is 3.51. The van der Waals surface area contributed by atoms with Crippen molar-refractivity contribution in [3.8, 4) is 0 Å². The third-order valence-electron chi connectivity index (χ3n) is 5.11. The zero-order chi connectivity index (χ0) is 20.8. The number of benzene rings is 1. The molecule has 5 nitrogen and oxygen atoms in total. The van der Waals surface area contributed by atoms with Crippen LogP contribution in [0.25, 0.3) is 0 Å². The molecule has 1 aliphatic heterocycles. The van der Waals surface area contributed by atoms with Crippen LogP contribution in [0.3, 0.4) is 0 Å². The van der Waals surface area contributed by atoms with Crippen LogP contribution in [0.4, 0.5) is 0 Å². The fourth-order valence-corrected chi connectivity index (χ4v) is 5.14. The number of likely N-dealkylation sites (N-methyl/N-ethyl adjacent to an activating group) is 1. The van der Waals surface area contributed by atoms with Crippen LogP contribution in [0.15, 0.2) is 76.1 Å². The van der Waals surface area contributed by atoms with Crippen LogP contribution < -0.4 is 0 Å². The van der Waals surface area contributed by atoms with Crippen LogP contribution in [0.2, 0.25) is 0 Å². The van der Waals surface area contributed by atoms with E-state index >= 15 is 0 Å². The number of carbonyl (C=O) groups excluding carboxylic acids is 1. The summed E-state index contributed by atoms with van der Waals surface area (Å²) in [6, 6.07) is 18.1. The van der Waals surface area contributed by atoms with Gasteiger partial charge in [-0.05, 0) is 47.8 Å². The molecule has 0 aliphatic carbocycles. The minimum absolute atomic E-state index is 0.0409. The maximum absolute atomic E-state index is 13.1. The number of hydrogen-bond acceptors (Lipinski definition) is 6. The Hall–Kier alpha value is -2.19. The first-order valence-corrected chi connectivity index (χ1v) is 11.7. The molecule has 156 valence electrons. The summed E-state index contributed by atoms with van der Waals surface area (Å²) in [5.41, 5.74) is 0.703. The van der Waals surface area contributed by atoms with E-state index in [9.17, 15) is 4.79 Å². The number of nitrogens with zero attached hydrogens (tertiary/aromatic N) is 3. The predicted molar refractivity (Wildman–Crippen MR) is 121 cm³/mol. The molecule has 1 aliphatic rings. The van der Waals surface area contributed by atoms with Gasteiger partial charge in [0.25, 0.3) is 5.91 Å². The Morgan fingerprint density at radius 2 is 1.97 bits per heavy atom. The Labute approximate surface area is 185 Å². The number of thiophene rings is 1. The largest absolute Gasteiger partial charge is 0.379 e. The molecule has 0 N–H and O–H groups in total. The lowest BCUT2D eigenvalue weighted by molar-refractivity contribution is 0.0104. The SMILES string of the molecule is CN(CC(c1cccs1)N1CCOCC1)C(=O)c1ccc(Sc2ccccn2)cc1. The van der Waals surface area contributed by atoms with Gasteiger partial charge in [-0.1, -0.05) is 23.9 Å². The minimum Gasteiger partial charge on any atom is -0.379 e. The molecule has 0 spiro atoms. The third-order valence-corrected chi connectivity index (χ3v) is 7.05. The van der Waals surface area contributed by atoms with Crippen molar-refractivity contribution in [3.63, 3.8) is 0 Å². The van der Waals surface area contributed by atoms with Crippen LogP contribution in [0.1, 0.15) is 21.3 Å². The van der Waals surface area contributed by atoms with Crippen LogP contribution in [-0.4, -0.2) is 60.6 Å². The number of morpholine rings is 1. The van der Waals surface area contributed by atoms with Crippen molar-refractivity contribution in [3.05, 3.63) is 76.6 Å². The van der Waals surface area contributed by atoms with Gasteiger partial charge in [-0.3, -0.25) is 9.69 Å². The Morgan fingerprint density at radius 3 is 2.63 bits per heavy atom. The molecule has 1 fully saturated rings. The molecule has 30 heavy (non-hydrogen) atoms. The molecule has 1 amide bonds. The van der Waals surface area contributed by atoms with Crippen LogP contribution >= 0.6 is 23.1 Å². The van der Waals surface area contributed by atoms with Gasteiger partial charge in [0.1, 0.15) is 5.03 Å². The maximum Gasteiger partial charge on any atom is 0.253 e. The van der Waals surface area contributed by atoms with Crippen molar-refractivity contribution < 1.29 is 9.53 Å². The molecule has 3 aromatic rings. The predicted octanol–water partition coefficient (Wildman–Crippen LogP) is 4.44. The van der Waals surface area contributed by atoms with E-state index in [4.69, 9.17) is 4.74 Å². The standard InChI is InChI=1S/C23H25N3O2S2/c1-25(17-20(21-5-4-16-29-21)26-12-14-28-15-13-26)23(27)18-7-9-19(10-8-18)30-22-6-2-3-11-24-22/h2-11,16,20H,12-15,17H2,1H3. The van der Waals surface area contributed by atoms with E-state index in [1.54, 1.807) is 29.3 Å². The molecular formula is C23H25N3O2S2. The number of amides is 1. The summed E-state index contributed by atoms with van der Waals surface area (Å²) in [7, 11) is 1.89. The van der Waals surface area contributed by atoms with Gasteiger partial charge >= 0.3 is 0 Å². The smallest absolute Gasteiger partial charge is 0.253 e. The highest BCUT2D eigenvalue weighted by atomic mass is 32.2. The van der Waals surface area contributed by atoms with Crippen molar-refractivity contribution in [2.45, 2.75) is 16.0 Å². The summed E-state index contributed by atoms with van der Waals surface area (Å²) < 4.78 is 5.52. The summed E-state index contributed by atoms with van der Waals surface area (Å²) in [5, 5.41) is 3.04. The van der Waals surface area contributed by atoms with Crippen molar-refractivity contribution in [1.29, 1.82) is 0 Å². The molecule has 4 rings (SSSR count). The summed E-state index contributed by atoms with van der Waals surface area (Å²) in [5.74, 6) is 0.0409. The fraction of sp³-hybridized carbons (Fsp3) is 0.304. The van der Waals surface area contributed by atoms with E-state index in [1.807, 2.05) is 54.4 Å². The van der Waals surface area contributed by atoms with Crippen LogP contribution in [-0.2, 0) is 4.74 Å². The lowest BCUT2D eigenvalue weighted by Gasteiger charge is -2.36. The van der Waals surface area contributed by atoms with Gasteiger partial charge in [-0.15, -0.1) is 11.3 Å². The Morgan fingerprint density at radius 1 is 1.17 bits per heavy atom. The molecular weight excluding hydrogens is 414 g/mol. The summed E-state index contributed by atoms with van der Waals surface area (Å²) in [4.78, 5) is 24.0. The molecule has 0 bridgehead atoms. The second-order valence-corrected chi connectivity index (χ2v) is 9.23. The molecule has 2 aromatic heterocycles. The molecule has 1 saturated heterocycles. The van der Waals surface area contributed by atoms with Crippen LogP contribution in [0, 0.1) is 0 Å². The monoisotopic (exact) mass is 439 g/mol.